The Labute approximate surface area is 105 Å². The lowest BCUT2D eigenvalue weighted by atomic mass is 10.3. The molecule has 0 amide bonds. The zero-order chi connectivity index (χ0) is 12.2. The van der Waals surface area contributed by atoms with E-state index in [2.05, 4.69) is 15.9 Å². The molecule has 0 radical (unpaired) electrons. The predicted molar refractivity (Wildman–Crippen MR) is 67.7 cm³/mol. The van der Waals surface area contributed by atoms with Gasteiger partial charge < -0.3 is 4.74 Å². The van der Waals surface area contributed by atoms with Gasteiger partial charge in [0.1, 0.15) is 5.75 Å². The van der Waals surface area contributed by atoms with Crippen molar-refractivity contribution in [3.05, 3.63) is 22.7 Å². The first kappa shape index (κ1) is 13.5. The van der Waals surface area contributed by atoms with E-state index in [9.17, 15) is 8.42 Å². The molecule has 0 aliphatic carbocycles. The molecule has 0 aromatic heterocycles. The van der Waals surface area contributed by atoms with Crippen LogP contribution in [0.5, 0.6) is 5.75 Å². The van der Waals surface area contributed by atoms with Crippen molar-refractivity contribution >= 4 is 25.8 Å². The number of unbranched alkanes of at least 4 members (excludes halogenated alkanes) is 1. The van der Waals surface area contributed by atoms with Crippen LogP contribution in [0.1, 0.15) is 19.8 Å². The number of benzene rings is 1. The second-order valence-corrected chi connectivity index (χ2v) is 6.43. The molecule has 0 saturated carbocycles. The summed E-state index contributed by atoms with van der Waals surface area (Å²) in [5, 5.41) is 0. The number of sulfone groups is 1. The summed E-state index contributed by atoms with van der Waals surface area (Å²) in [6.45, 7) is 1.97. The standard InChI is InChI=1S/C11H15BrO3S/c1-3-4-7-16(13,14)9-5-6-11(15-2)10(12)8-9/h5-6,8H,3-4,7H2,1-2H3. The number of ether oxygens (including phenoxy) is 1. The Morgan fingerprint density at radius 1 is 1.38 bits per heavy atom. The number of rotatable bonds is 5. The fourth-order valence-corrected chi connectivity index (χ4v) is 3.46. The average molecular weight is 307 g/mol. The van der Waals surface area contributed by atoms with Crippen molar-refractivity contribution in [3.63, 3.8) is 0 Å². The summed E-state index contributed by atoms with van der Waals surface area (Å²) in [7, 11) is -1.61. The van der Waals surface area contributed by atoms with Crippen molar-refractivity contribution in [3.8, 4) is 5.75 Å². The summed E-state index contributed by atoms with van der Waals surface area (Å²) in [5.74, 6) is 0.830. The lowest BCUT2D eigenvalue weighted by molar-refractivity contribution is 0.411. The van der Waals surface area contributed by atoms with E-state index < -0.39 is 9.84 Å². The molecule has 0 unspecified atom stereocenters. The molecule has 0 saturated heterocycles. The Hall–Kier alpha value is -0.550. The topological polar surface area (TPSA) is 43.4 Å². The van der Waals surface area contributed by atoms with Gasteiger partial charge in [0, 0.05) is 0 Å². The minimum atomic E-state index is -3.16. The molecule has 0 N–H and O–H groups in total. The largest absolute Gasteiger partial charge is 0.496 e. The van der Waals surface area contributed by atoms with E-state index in [-0.39, 0.29) is 5.75 Å². The number of hydrogen-bond acceptors (Lipinski definition) is 3. The van der Waals surface area contributed by atoms with Crippen LogP contribution in [0.4, 0.5) is 0 Å². The normalized spacial score (nSPS) is 11.4. The van der Waals surface area contributed by atoms with Gasteiger partial charge in [-0.05, 0) is 40.5 Å². The van der Waals surface area contributed by atoms with Gasteiger partial charge >= 0.3 is 0 Å². The van der Waals surface area contributed by atoms with Crippen molar-refractivity contribution in [2.75, 3.05) is 12.9 Å². The summed E-state index contributed by atoms with van der Waals surface area (Å²) in [6.07, 6.45) is 1.56. The lowest BCUT2D eigenvalue weighted by Crippen LogP contribution is -2.06. The molecule has 0 aliphatic heterocycles. The highest BCUT2D eigenvalue weighted by molar-refractivity contribution is 9.10. The number of halogens is 1. The third-order valence-corrected chi connectivity index (χ3v) is 4.67. The Bertz CT molecular complexity index is 454. The van der Waals surface area contributed by atoms with E-state index in [0.29, 0.717) is 21.5 Å². The highest BCUT2D eigenvalue weighted by Crippen LogP contribution is 2.28. The Morgan fingerprint density at radius 2 is 2.06 bits per heavy atom. The van der Waals surface area contributed by atoms with E-state index in [1.165, 1.54) is 0 Å². The smallest absolute Gasteiger partial charge is 0.178 e. The third-order valence-electron chi connectivity index (χ3n) is 2.25. The van der Waals surface area contributed by atoms with Crippen LogP contribution in [0.15, 0.2) is 27.6 Å². The van der Waals surface area contributed by atoms with Gasteiger partial charge in [0.15, 0.2) is 9.84 Å². The van der Waals surface area contributed by atoms with Crippen LogP contribution in [0.3, 0.4) is 0 Å². The van der Waals surface area contributed by atoms with E-state index >= 15 is 0 Å². The quantitative estimate of drug-likeness (QED) is 0.840. The van der Waals surface area contributed by atoms with Gasteiger partial charge in [-0.2, -0.15) is 0 Å². The maximum absolute atomic E-state index is 11.9. The summed E-state index contributed by atoms with van der Waals surface area (Å²) in [5.41, 5.74) is 0. The number of hydrogen-bond donors (Lipinski definition) is 0. The second kappa shape index (κ2) is 5.68. The predicted octanol–water partition coefficient (Wildman–Crippen LogP) is 3.03. The van der Waals surface area contributed by atoms with Crippen molar-refractivity contribution < 1.29 is 13.2 Å². The van der Waals surface area contributed by atoms with Gasteiger partial charge in [0.2, 0.25) is 0 Å². The lowest BCUT2D eigenvalue weighted by Gasteiger charge is -2.07. The fraction of sp³-hybridized carbons (Fsp3) is 0.455. The first-order valence-electron chi connectivity index (χ1n) is 5.07. The molecule has 1 aromatic carbocycles. The van der Waals surface area contributed by atoms with Crippen LogP contribution < -0.4 is 4.74 Å². The van der Waals surface area contributed by atoms with E-state index in [0.717, 1.165) is 6.42 Å². The molecule has 1 rings (SSSR count). The molecule has 0 bridgehead atoms. The van der Waals surface area contributed by atoms with Crippen LogP contribution in [0.25, 0.3) is 0 Å². The zero-order valence-corrected chi connectivity index (χ0v) is 11.8. The monoisotopic (exact) mass is 306 g/mol. The Balaban J connectivity index is 3.01. The molecule has 90 valence electrons. The minimum absolute atomic E-state index is 0.197. The summed E-state index contributed by atoms with van der Waals surface area (Å²) < 4.78 is 29.5. The average Bonchev–Trinajstić information content (AvgIpc) is 2.26. The second-order valence-electron chi connectivity index (χ2n) is 3.47. The molecule has 0 heterocycles. The molecule has 3 nitrogen and oxygen atoms in total. The van der Waals surface area contributed by atoms with Crippen molar-refractivity contribution in [1.82, 2.24) is 0 Å². The van der Waals surface area contributed by atoms with Gasteiger partial charge in [-0.1, -0.05) is 13.3 Å². The van der Waals surface area contributed by atoms with Crippen molar-refractivity contribution in [1.29, 1.82) is 0 Å². The fourth-order valence-electron chi connectivity index (χ4n) is 1.29. The molecule has 0 atom stereocenters. The first-order chi connectivity index (χ1) is 7.51. The Kier molecular flexibility index (Phi) is 4.80. The van der Waals surface area contributed by atoms with E-state index in [1.807, 2.05) is 6.92 Å². The maximum Gasteiger partial charge on any atom is 0.178 e. The molecule has 1 aromatic rings. The van der Waals surface area contributed by atoms with Gasteiger partial charge in [0.25, 0.3) is 0 Å². The van der Waals surface area contributed by atoms with Gasteiger partial charge in [0.05, 0.1) is 22.2 Å². The van der Waals surface area contributed by atoms with Crippen LogP contribution in [0.2, 0.25) is 0 Å². The van der Waals surface area contributed by atoms with E-state index in [4.69, 9.17) is 4.74 Å². The third kappa shape index (κ3) is 3.22. The van der Waals surface area contributed by atoms with Gasteiger partial charge in [-0.3, -0.25) is 0 Å². The van der Waals surface area contributed by atoms with Crippen molar-refractivity contribution in [2.45, 2.75) is 24.7 Å². The summed E-state index contributed by atoms with van der Waals surface area (Å²) in [4.78, 5) is 0.341. The first-order valence-corrected chi connectivity index (χ1v) is 7.52. The van der Waals surface area contributed by atoms with Crippen LogP contribution >= 0.6 is 15.9 Å². The van der Waals surface area contributed by atoms with Gasteiger partial charge in [-0.15, -0.1) is 0 Å². The number of methoxy groups -OCH3 is 1. The van der Waals surface area contributed by atoms with Crippen LogP contribution in [0, 0.1) is 0 Å². The molecule has 0 aliphatic rings. The van der Waals surface area contributed by atoms with Crippen LogP contribution in [-0.4, -0.2) is 21.3 Å². The highest BCUT2D eigenvalue weighted by atomic mass is 79.9. The van der Waals surface area contributed by atoms with E-state index in [1.54, 1.807) is 25.3 Å². The zero-order valence-electron chi connectivity index (χ0n) is 9.36. The Morgan fingerprint density at radius 3 is 2.56 bits per heavy atom. The summed E-state index contributed by atoms with van der Waals surface area (Å²) in [6, 6.07) is 4.82. The molecule has 16 heavy (non-hydrogen) atoms. The maximum atomic E-state index is 11.9. The summed E-state index contributed by atoms with van der Waals surface area (Å²) >= 11 is 3.28. The SMILES string of the molecule is CCCCS(=O)(=O)c1ccc(OC)c(Br)c1. The molecule has 5 heteroatoms. The minimum Gasteiger partial charge on any atom is -0.496 e. The molecular weight excluding hydrogens is 292 g/mol. The van der Waals surface area contributed by atoms with Crippen LogP contribution in [-0.2, 0) is 9.84 Å². The molecular formula is C11H15BrO3S. The van der Waals surface area contributed by atoms with Gasteiger partial charge in [-0.25, -0.2) is 8.42 Å². The molecule has 0 fully saturated rings. The highest BCUT2D eigenvalue weighted by Gasteiger charge is 2.15. The molecule has 0 spiro atoms. The van der Waals surface area contributed by atoms with Crippen molar-refractivity contribution in [2.24, 2.45) is 0 Å².